The summed E-state index contributed by atoms with van der Waals surface area (Å²) in [4.78, 5) is 38.5. The fourth-order valence-electron chi connectivity index (χ4n) is 3.88. The number of benzene rings is 1. The number of ketones is 1. The lowest BCUT2D eigenvalue weighted by atomic mass is 9.73. The third-order valence-electron chi connectivity index (χ3n) is 5.91. The molecule has 2 heterocycles. The van der Waals surface area contributed by atoms with E-state index in [1.54, 1.807) is 6.92 Å². The lowest BCUT2D eigenvalue weighted by Gasteiger charge is -2.40. The second-order valence-electron chi connectivity index (χ2n) is 7.82. The molecule has 2 atom stereocenters. The van der Waals surface area contributed by atoms with Crippen LogP contribution in [0.4, 0.5) is 8.78 Å². The van der Waals surface area contributed by atoms with E-state index in [9.17, 15) is 28.3 Å². The molecule has 8 nitrogen and oxygen atoms in total. The van der Waals surface area contributed by atoms with Crippen LogP contribution in [0.1, 0.15) is 39.8 Å². The van der Waals surface area contributed by atoms with Crippen LogP contribution in [-0.4, -0.2) is 48.3 Å². The van der Waals surface area contributed by atoms with Gasteiger partial charge in [-0.2, -0.15) is 0 Å². The van der Waals surface area contributed by atoms with Crippen molar-refractivity contribution in [2.24, 2.45) is 5.41 Å². The highest BCUT2D eigenvalue weighted by molar-refractivity contribution is 6.03. The van der Waals surface area contributed by atoms with Gasteiger partial charge in [0.05, 0.1) is 18.1 Å². The van der Waals surface area contributed by atoms with Crippen molar-refractivity contribution in [3.05, 3.63) is 63.1 Å². The summed E-state index contributed by atoms with van der Waals surface area (Å²) in [7, 11) is 2.93. The first-order valence-electron chi connectivity index (χ1n) is 9.89. The van der Waals surface area contributed by atoms with E-state index in [0.29, 0.717) is 6.42 Å². The molecular formula is C22H24F2N2O6. The van der Waals surface area contributed by atoms with Crippen LogP contribution in [-0.2, 0) is 22.6 Å². The zero-order valence-electron chi connectivity index (χ0n) is 17.9. The number of amides is 1. The van der Waals surface area contributed by atoms with Gasteiger partial charge in [0.2, 0.25) is 5.43 Å². The smallest absolute Gasteiger partial charge is 0.257 e. The molecule has 0 saturated carbocycles. The number of carbonyl (C=O) groups excluding carboxylic acids is 2. The van der Waals surface area contributed by atoms with Crippen molar-refractivity contribution < 1.29 is 33.0 Å². The number of nitrogens with zero attached hydrogens (tertiary/aromatic N) is 1. The number of hydrogen-bond donors (Lipinski definition) is 2. The Hall–Kier alpha value is -3.11. The molecule has 1 amide bonds. The Balaban J connectivity index is 1.95. The second-order valence-corrected chi connectivity index (χ2v) is 7.82. The summed E-state index contributed by atoms with van der Waals surface area (Å²) in [5, 5.41) is 12.8. The molecule has 3 rings (SSSR count). The summed E-state index contributed by atoms with van der Waals surface area (Å²) < 4.78 is 39.5. The van der Waals surface area contributed by atoms with Crippen LogP contribution in [0.5, 0.6) is 5.75 Å². The monoisotopic (exact) mass is 450 g/mol. The number of hydrogen-bond acceptors (Lipinski definition) is 6. The van der Waals surface area contributed by atoms with Crippen molar-refractivity contribution in [3.63, 3.8) is 0 Å². The van der Waals surface area contributed by atoms with Gasteiger partial charge in [-0.05, 0) is 25.5 Å². The van der Waals surface area contributed by atoms with E-state index in [0.717, 1.165) is 18.3 Å². The molecule has 0 bridgehead atoms. The molecule has 1 aromatic carbocycles. The van der Waals surface area contributed by atoms with Gasteiger partial charge in [-0.1, -0.05) is 6.07 Å². The van der Waals surface area contributed by atoms with Crippen molar-refractivity contribution in [1.82, 2.24) is 9.88 Å². The van der Waals surface area contributed by atoms with E-state index in [1.165, 1.54) is 24.9 Å². The zero-order chi connectivity index (χ0) is 23.6. The first-order chi connectivity index (χ1) is 15.2. The van der Waals surface area contributed by atoms with E-state index in [-0.39, 0.29) is 24.4 Å². The number of rotatable bonds is 7. The molecule has 172 valence electrons. The van der Waals surface area contributed by atoms with Gasteiger partial charge in [0.15, 0.2) is 11.5 Å². The third kappa shape index (κ3) is 4.03. The molecule has 0 radical (unpaired) electrons. The molecule has 0 aliphatic carbocycles. The molecular weight excluding hydrogens is 426 g/mol. The maximum absolute atomic E-state index is 13.8. The predicted molar refractivity (Wildman–Crippen MR) is 110 cm³/mol. The number of fused-ring (bicyclic) bond motifs is 1. The zero-order valence-corrected chi connectivity index (χ0v) is 17.9. The number of Topliss-reactive ketones (excluding diaryl/α,β-unsaturated/α-hetero) is 1. The van der Waals surface area contributed by atoms with Crippen molar-refractivity contribution >= 4 is 11.7 Å². The van der Waals surface area contributed by atoms with Gasteiger partial charge in [-0.15, -0.1) is 0 Å². The van der Waals surface area contributed by atoms with Crippen molar-refractivity contribution in [3.8, 4) is 5.75 Å². The van der Waals surface area contributed by atoms with Crippen LogP contribution in [0.3, 0.4) is 0 Å². The van der Waals surface area contributed by atoms with Crippen LogP contribution in [0.25, 0.3) is 0 Å². The van der Waals surface area contributed by atoms with Crippen LogP contribution in [0.15, 0.2) is 29.2 Å². The van der Waals surface area contributed by atoms with E-state index >= 15 is 0 Å². The Morgan fingerprint density at radius 2 is 1.94 bits per heavy atom. The van der Waals surface area contributed by atoms with Gasteiger partial charge in [-0.3, -0.25) is 14.4 Å². The highest BCUT2D eigenvalue weighted by Crippen LogP contribution is 2.39. The molecule has 1 aliphatic rings. The minimum absolute atomic E-state index is 0.0911. The number of carbonyl (C=O) groups is 2. The molecule has 1 aromatic heterocycles. The maximum atomic E-state index is 13.8. The van der Waals surface area contributed by atoms with E-state index < -0.39 is 58.1 Å². The number of nitrogens with one attached hydrogen (secondary N) is 1. The Kier molecular flexibility index (Phi) is 6.75. The van der Waals surface area contributed by atoms with Gasteiger partial charge in [0.25, 0.3) is 5.91 Å². The molecule has 1 aliphatic heterocycles. The first-order valence-corrected chi connectivity index (χ1v) is 9.89. The van der Waals surface area contributed by atoms with Crippen LogP contribution in [0.2, 0.25) is 0 Å². The highest BCUT2D eigenvalue weighted by Gasteiger charge is 2.48. The number of aromatic nitrogens is 1. The van der Waals surface area contributed by atoms with Gasteiger partial charge in [0.1, 0.15) is 22.9 Å². The first kappa shape index (κ1) is 23.6. The Morgan fingerprint density at radius 3 is 2.53 bits per heavy atom. The largest absolute Gasteiger partial charge is 0.503 e. The molecule has 2 N–H and O–H groups in total. The van der Waals surface area contributed by atoms with E-state index in [1.807, 2.05) is 0 Å². The van der Waals surface area contributed by atoms with Crippen LogP contribution in [0, 0.1) is 17.0 Å². The van der Waals surface area contributed by atoms with Gasteiger partial charge in [0, 0.05) is 39.1 Å². The Labute approximate surface area is 182 Å². The molecule has 2 aromatic rings. The van der Waals surface area contributed by atoms with E-state index in [4.69, 9.17) is 9.47 Å². The number of ether oxygens (including phenoxy) is 2. The second kappa shape index (κ2) is 9.17. The summed E-state index contributed by atoms with van der Waals surface area (Å²) in [6.45, 7) is 1.52. The lowest BCUT2D eigenvalue weighted by Crippen LogP contribution is -2.50. The fourth-order valence-corrected chi connectivity index (χ4v) is 3.88. The highest BCUT2D eigenvalue weighted by atomic mass is 19.1. The molecule has 0 unspecified atom stereocenters. The van der Waals surface area contributed by atoms with Crippen molar-refractivity contribution in [2.75, 3.05) is 20.8 Å². The minimum Gasteiger partial charge on any atom is -0.503 e. The summed E-state index contributed by atoms with van der Waals surface area (Å²) in [6, 6.07) is 3.27. The third-order valence-corrected chi connectivity index (χ3v) is 5.91. The molecule has 0 spiro atoms. The average Bonchev–Trinajstić information content (AvgIpc) is 2.76. The quantitative estimate of drug-likeness (QED) is 0.669. The Morgan fingerprint density at radius 1 is 1.28 bits per heavy atom. The van der Waals surface area contributed by atoms with Crippen LogP contribution >= 0.6 is 0 Å². The summed E-state index contributed by atoms with van der Waals surface area (Å²) in [5.41, 5.74) is -3.17. The average molecular weight is 450 g/mol. The van der Waals surface area contributed by atoms with Gasteiger partial charge >= 0.3 is 0 Å². The number of halogens is 2. The van der Waals surface area contributed by atoms with Crippen molar-refractivity contribution in [1.29, 1.82) is 0 Å². The number of pyridine rings is 1. The van der Waals surface area contributed by atoms with Crippen molar-refractivity contribution in [2.45, 2.75) is 32.5 Å². The van der Waals surface area contributed by atoms with Crippen LogP contribution < -0.4 is 10.7 Å². The number of aromatic hydroxyl groups is 1. The molecule has 0 fully saturated rings. The predicted octanol–water partition coefficient (Wildman–Crippen LogP) is 2.02. The number of methoxy groups -OCH3 is 2. The van der Waals surface area contributed by atoms with E-state index in [2.05, 4.69) is 5.32 Å². The summed E-state index contributed by atoms with van der Waals surface area (Å²) in [6.07, 6.45) is 0.831. The van der Waals surface area contributed by atoms with Gasteiger partial charge < -0.3 is 24.5 Å². The topological polar surface area (TPSA) is 107 Å². The normalized spacial score (nSPS) is 20.2. The van der Waals surface area contributed by atoms with Gasteiger partial charge in [-0.25, -0.2) is 8.78 Å². The fraction of sp³-hybridized carbons (Fsp3) is 0.409. The minimum atomic E-state index is -1.05. The Bertz CT molecular complexity index is 1100. The SMILES string of the molecule is COCC[C@]1(C)C(=O)c2c(O)c(=O)c(C(=O)NCc3c(F)cccc3F)cn2C[C@@H]1OC. The maximum Gasteiger partial charge on any atom is 0.257 e. The molecule has 32 heavy (non-hydrogen) atoms. The lowest BCUT2D eigenvalue weighted by molar-refractivity contribution is -0.0262. The molecule has 10 heteroatoms. The standard InChI is InChI=1S/C22H24F2N2O6/c1-22(7-8-31-2)16(32-3)11-26-10-13(18(27)19(28)17(26)20(22)29)21(30)25-9-12-14(23)5-4-6-15(12)24/h4-6,10,16,28H,7-9,11H2,1-3H3,(H,25,30)/t16-,22-/m0/s1. The summed E-state index contributed by atoms with van der Waals surface area (Å²) in [5.74, 6) is -4.02. The molecule has 0 saturated heterocycles. The summed E-state index contributed by atoms with van der Waals surface area (Å²) >= 11 is 0.